The summed E-state index contributed by atoms with van der Waals surface area (Å²) in [5, 5.41) is 9.02. The zero-order valence-electron chi connectivity index (χ0n) is 11.0. The van der Waals surface area contributed by atoms with Crippen LogP contribution in [0.25, 0.3) is 10.4 Å². The van der Waals surface area contributed by atoms with Crippen molar-refractivity contribution in [3.63, 3.8) is 0 Å². The molecule has 0 fully saturated rings. The van der Waals surface area contributed by atoms with Gasteiger partial charge in [-0.25, -0.2) is 0 Å². The van der Waals surface area contributed by atoms with Crippen molar-refractivity contribution in [2.24, 2.45) is 0 Å². The summed E-state index contributed by atoms with van der Waals surface area (Å²) in [5.74, 6) is 1.33. The summed E-state index contributed by atoms with van der Waals surface area (Å²) in [7, 11) is 3.19. The zero-order valence-corrected chi connectivity index (χ0v) is 11.8. The Kier molecular flexibility index (Phi) is 3.63. The molecule has 0 amide bonds. The lowest BCUT2D eigenvalue weighted by atomic mass is 10.1. The molecule has 2 aromatic rings. The van der Waals surface area contributed by atoms with Gasteiger partial charge in [0.1, 0.15) is 10.9 Å². The van der Waals surface area contributed by atoms with E-state index in [1.54, 1.807) is 14.2 Å². The predicted molar refractivity (Wildman–Crippen MR) is 76.7 cm³/mol. The molecule has 0 bridgehead atoms. The molecule has 0 aliphatic rings. The molecule has 0 atom stereocenters. The fourth-order valence-corrected chi connectivity index (χ4v) is 2.88. The molecule has 0 unspecified atom stereocenters. The maximum atomic E-state index is 9.02. The Balaban J connectivity index is 2.57. The second-order valence-electron chi connectivity index (χ2n) is 3.98. The first-order valence-electron chi connectivity index (χ1n) is 5.63. The van der Waals surface area contributed by atoms with E-state index in [0.717, 1.165) is 16.0 Å². The molecular formula is C14H14N2O2S. The summed E-state index contributed by atoms with van der Waals surface area (Å²) in [5.41, 5.74) is 8.35. The normalized spacial score (nSPS) is 10.0. The van der Waals surface area contributed by atoms with Gasteiger partial charge in [-0.1, -0.05) is 0 Å². The van der Waals surface area contributed by atoms with E-state index in [1.807, 2.05) is 25.1 Å². The van der Waals surface area contributed by atoms with Gasteiger partial charge in [-0.2, -0.15) is 5.26 Å². The second kappa shape index (κ2) is 5.21. The largest absolute Gasteiger partial charge is 0.493 e. The molecule has 1 aromatic heterocycles. The summed E-state index contributed by atoms with van der Waals surface area (Å²) < 4.78 is 10.5. The molecule has 0 saturated carbocycles. The third kappa shape index (κ3) is 2.23. The number of nitrogens with two attached hydrogens (primary N) is 1. The third-order valence-electron chi connectivity index (χ3n) is 2.94. The fraction of sp³-hybridized carbons (Fsp3) is 0.214. The van der Waals surface area contributed by atoms with E-state index in [9.17, 15) is 0 Å². The molecule has 19 heavy (non-hydrogen) atoms. The van der Waals surface area contributed by atoms with Crippen LogP contribution in [0.5, 0.6) is 11.5 Å². The molecule has 0 aliphatic heterocycles. The lowest BCUT2D eigenvalue weighted by molar-refractivity contribution is 0.355. The Bertz CT molecular complexity index is 656. The topological polar surface area (TPSA) is 68.3 Å². The maximum Gasteiger partial charge on any atom is 0.161 e. The molecule has 1 aromatic carbocycles. The molecule has 2 N–H and O–H groups in total. The van der Waals surface area contributed by atoms with Crippen LogP contribution < -0.4 is 15.2 Å². The Morgan fingerprint density at radius 2 is 1.89 bits per heavy atom. The molecule has 5 heteroatoms. The number of methoxy groups -OCH3 is 2. The minimum atomic E-state index is 0.544. The number of hydrogen-bond acceptors (Lipinski definition) is 5. The van der Waals surface area contributed by atoms with E-state index in [4.69, 9.17) is 20.5 Å². The van der Waals surface area contributed by atoms with Crippen LogP contribution in [0.15, 0.2) is 18.2 Å². The number of hydrogen-bond donors (Lipinski definition) is 1. The van der Waals surface area contributed by atoms with Crippen LogP contribution >= 0.6 is 11.3 Å². The molecule has 1 heterocycles. The molecular weight excluding hydrogens is 260 g/mol. The van der Waals surface area contributed by atoms with E-state index >= 15 is 0 Å². The maximum absolute atomic E-state index is 9.02. The third-order valence-corrected chi connectivity index (χ3v) is 4.20. The average molecular weight is 274 g/mol. The van der Waals surface area contributed by atoms with Crippen LogP contribution in [0.3, 0.4) is 0 Å². The van der Waals surface area contributed by atoms with Crippen molar-refractivity contribution in [2.45, 2.75) is 6.92 Å². The number of thiophene rings is 1. The van der Waals surface area contributed by atoms with E-state index in [-0.39, 0.29) is 0 Å². The van der Waals surface area contributed by atoms with Gasteiger partial charge in [0.2, 0.25) is 0 Å². The van der Waals surface area contributed by atoms with Gasteiger partial charge >= 0.3 is 0 Å². The number of nitrogen functional groups attached to an aromatic ring is 1. The first-order valence-corrected chi connectivity index (χ1v) is 6.45. The van der Waals surface area contributed by atoms with Crippen molar-refractivity contribution in [2.75, 3.05) is 20.0 Å². The highest BCUT2D eigenvalue weighted by molar-refractivity contribution is 7.16. The van der Waals surface area contributed by atoms with Crippen LogP contribution in [0.1, 0.15) is 10.4 Å². The van der Waals surface area contributed by atoms with Crippen molar-refractivity contribution < 1.29 is 9.47 Å². The van der Waals surface area contributed by atoms with E-state index in [2.05, 4.69) is 6.07 Å². The quantitative estimate of drug-likeness (QED) is 0.933. The lowest BCUT2D eigenvalue weighted by Crippen LogP contribution is -1.91. The minimum Gasteiger partial charge on any atom is -0.493 e. The van der Waals surface area contributed by atoms with Gasteiger partial charge in [-0.05, 0) is 36.2 Å². The van der Waals surface area contributed by atoms with Crippen LogP contribution in [-0.4, -0.2) is 14.2 Å². The number of nitriles is 1. The molecule has 0 aliphatic carbocycles. The highest BCUT2D eigenvalue weighted by Crippen LogP contribution is 2.40. The summed E-state index contributed by atoms with van der Waals surface area (Å²) in [6.45, 7) is 1.92. The van der Waals surface area contributed by atoms with Gasteiger partial charge in [0, 0.05) is 4.88 Å². The monoisotopic (exact) mass is 274 g/mol. The molecule has 2 rings (SSSR count). The standard InChI is InChI=1S/C14H14N2O2S/c1-8-13(16)12(7-15)19-14(8)9-4-5-10(17-2)11(6-9)18-3/h4-6H,16H2,1-3H3. The summed E-state index contributed by atoms with van der Waals surface area (Å²) in [6, 6.07) is 7.78. The summed E-state index contributed by atoms with van der Waals surface area (Å²) in [6.07, 6.45) is 0. The molecule has 0 radical (unpaired) electrons. The van der Waals surface area contributed by atoms with Crippen molar-refractivity contribution in [3.8, 4) is 28.0 Å². The van der Waals surface area contributed by atoms with Crippen LogP contribution in [0.4, 0.5) is 5.69 Å². The second-order valence-corrected chi connectivity index (χ2v) is 5.00. The van der Waals surface area contributed by atoms with Gasteiger partial charge in [0.25, 0.3) is 0 Å². The minimum absolute atomic E-state index is 0.544. The number of ether oxygens (including phenoxy) is 2. The van der Waals surface area contributed by atoms with Gasteiger partial charge in [-0.3, -0.25) is 0 Å². The molecule has 98 valence electrons. The Labute approximate surface area is 116 Å². The number of anilines is 1. The van der Waals surface area contributed by atoms with Gasteiger partial charge < -0.3 is 15.2 Å². The van der Waals surface area contributed by atoms with Crippen molar-refractivity contribution >= 4 is 17.0 Å². The first kappa shape index (κ1) is 13.2. The smallest absolute Gasteiger partial charge is 0.161 e. The van der Waals surface area contributed by atoms with Crippen molar-refractivity contribution in [1.29, 1.82) is 5.26 Å². The SMILES string of the molecule is COc1ccc(-c2sc(C#N)c(N)c2C)cc1OC. The molecule has 4 nitrogen and oxygen atoms in total. The van der Waals surface area contributed by atoms with E-state index in [0.29, 0.717) is 22.1 Å². The number of nitrogens with zero attached hydrogens (tertiary/aromatic N) is 1. The van der Waals surface area contributed by atoms with Crippen molar-refractivity contribution in [1.82, 2.24) is 0 Å². The van der Waals surface area contributed by atoms with Gasteiger partial charge in [0.15, 0.2) is 11.5 Å². The van der Waals surface area contributed by atoms with Crippen LogP contribution in [0, 0.1) is 18.3 Å². The first-order chi connectivity index (χ1) is 9.12. The summed E-state index contributed by atoms with van der Waals surface area (Å²) in [4.78, 5) is 1.53. The summed E-state index contributed by atoms with van der Waals surface area (Å²) >= 11 is 1.39. The Morgan fingerprint density at radius 3 is 2.42 bits per heavy atom. The van der Waals surface area contributed by atoms with E-state index in [1.165, 1.54) is 11.3 Å². The van der Waals surface area contributed by atoms with E-state index < -0.39 is 0 Å². The highest BCUT2D eigenvalue weighted by Gasteiger charge is 2.15. The lowest BCUT2D eigenvalue weighted by Gasteiger charge is -2.09. The highest BCUT2D eigenvalue weighted by atomic mass is 32.1. The van der Waals surface area contributed by atoms with Gasteiger partial charge in [-0.15, -0.1) is 11.3 Å². The average Bonchev–Trinajstić information content (AvgIpc) is 2.74. The number of rotatable bonds is 3. The number of benzene rings is 1. The predicted octanol–water partition coefficient (Wildman–Crippen LogP) is 3.19. The van der Waals surface area contributed by atoms with Crippen molar-refractivity contribution in [3.05, 3.63) is 28.6 Å². The van der Waals surface area contributed by atoms with Crippen LogP contribution in [0.2, 0.25) is 0 Å². The Morgan fingerprint density at radius 1 is 1.21 bits per heavy atom. The molecule has 0 saturated heterocycles. The zero-order chi connectivity index (χ0) is 14.0. The fourth-order valence-electron chi connectivity index (χ4n) is 1.86. The van der Waals surface area contributed by atoms with Gasteiger partial charge in [0.05, 0.1) is 19.9 Å². The molecule has 0 spiro atoms. The van der Waals surface area contributed by atoms with Crippen LogP contribution in [-0.2, 0) is 0 Å². The Hall–Kier alpha value is -2.19.